The molecule has 5 heteroatoms. The van der Waals surface area contributed by atoms with Crippen molar-refractivity contribution in [3.63, 3.8) is 0 Å². The molecule has 2 N–H and O–H groups in total. The first kappa shape index (κ1) is 18.8. The van der Waals surface area contributed by atoms with Gasteiger partial charge < -0.3 is 19.9 Å². The molecular weight excluding hydrogens is 318 g/mol. The van der Waals surface area contributed by atoms with Gasteiger partial charge in [-0.1, -0.05) is 30.3 Å². The fourth-order valence-electron chi connectivity index (χ4n) is 2.34. The summed E-state index contributed by atoms with van der Waals surface area (Å²) in [6.45, 7) is 7.05. The van der Waals surface area contributed by atoms with Crippen LogP contribution in [0.3, 0.4) is 0 Å². The number of hydrogen-bond acceptors (Lipinski definition) is 4. The van der Waals surface area contributed by atoms with Gasteiger partial charge in [0.1, 0.15) is 12.6 Å². The summed E-state index contributed by atoms with van der Waals surface area (Å²) >= 11 is 0. The van der Waals surface area contributed by atoms with Crippen molar-refractivity contribution in [3.8, 4) is 11.5 Å². The average molecular weight is 343 g/mol. The van der Waals surface area contributed by atoms with E-state index in [1.165, 1.54) is 5.56 Å². The second-order valence-corrected chi connectivity index (χ2v) is 5.87. The summed E-state index contributed by atoms with van der Waals surface area (Å²) in [5.74, 6) is 0.474. The first-order chi connectivity index (χ1) is 12.0. The molecule has 0 bridgehead atoms. The minimum absolute atomic E-state index is 0.450. The minimum atomic E-state index is -0.872. The predicted molar refractivity (Wildman–Crippen MR) is 97.1 cm³/mol. The van der Waals surface area contributed by atoms with Crippen molar-refractivity contribution in [2.45, 2.75) is 40.0 Å². The Labute approximate surface area is 148 Å². The highest BCUT2D eigenvalue weighted by Crippen LogP contribution is 2.29. The van der Waals surface area contributed by atoms with Gasteiger partial charge in [0, 0.05) is 6.54 Å². The molecule has 0 aliphatic heterocycles. The van der Waals surface area contributed by atoms with E-state index in [1.807, 2.05) is 43.3 Å². The standard InChI is InChI=1S/C20H25NO4/c1-4-24-19-11-16(12-21-15(3)20(22)23)9-10-18(19)25-13-17-8-6-5-7-14(17)2/h5-11,15,21H,4,12-13H2,1-3H3,(H,22,23). The zero-order valence-electron chi connectivity index (χ0n) is 14.9. The maximum atomic E-state index is 10.9. The van der Waals surface area contributed by atoms with Gasteiger partial charge in [-0.3, -0.25) is 4.79 Å². The van der Waals surface area contributed by atoms with Gasteiger partial charge >= 0.3 is 5.97 Å². The summed E-state index contributed by atoms with van der Waals surface area (Å²) in [5.41, 5.74) is 3.26. The van der Waals surface area contributed by atoms with Crippen LogP contribution in [0.1, 0.15) is 30.5 Å². The molecule has 2 rings (SSSR count). The monoisotopic (exact) mass is 343 g/mol. The minimum Gasteiger partial charge on any atom is -0.490 e. The highest BCUT2D eigenvalue weighted by atomic mass is 16.5. The fourth-order valence-corrected chi connectivity index (χ4v) is 2.34. The van der Waals surface area contributed by atoms with E-state index < -0.39 is 12.0 Å². The molecule has 0 aliphatic rings. The number of rotatable bonds is 9. The van der Waals surface area contributed by atoms with Crippen molar-refractivity contribution in [1.29, 1.82) is 0 Å². The third-order valence-corrected chi connectivity index (χ3v) is 3.94. The summed E-state index contributed by atoms with van der Waals surface area (Å²) < 4.78 is 11.6. The van der Waals surface area contributed by atoms with Gasteiger partial charge in [-0.25, -0.2) is 0 Å². The third-order valence-electron chi connectivity index (χ3n) is 3.94. The molecule has 0 fully saturated rings. The topological polar surface area (TPSA) is 67.8 Å². The second-order valence-electron chi connectivity index (χ2n) is 5.87. The largest absolute Gasteiger partial charge is 0.490 e. The fraction of sp³-hybridized carbons (Fsp3) is 0.350. The van der Waals surface area contributed by atoms with Crippen molar-refractivity contribution in [2.24, 2.45) is 0 Å². The van der Waals surface area contributed by atoms with Gasteiger partial charge in [-0.05, 0) is 49.6 Å². The number of nitrogens with one attached hydrogen (secondary N) is 1. The molecular formula is C20H25NO4. The lowest BCUT2D eigenvalue weighted by molar-refractivity contribution is -0.139. The van der Waals surface area contributed by atoms with E-state index >= 15 is 0 Å². The number of aliphatic carboxylic acids is 1. The Morgan fingerprint density at radius 2 is 1.92 bits per heavy atom. The third kappa shape index (κ3) is 5.50. The molecule has 1 unspecified atom stereocenters. The van der Waals surface area contributed by atoms with Crippen molar-refractivity contribution < 1.29 is 19.4 Å². The van der Waals surface area contributed by atoms with E-state index in [0.29, 0.717) is 31.3 Å². The van der Waals surface area contributed by atoms with Crippen LogP contribution >= 0.6 is 0 Å². The van der Waals surface area contributed by atoms with E-state index in [0.717, 1.165) is 11.1 Å². The van der Waals surface area contributed by atoms with Gasteiger partial charge in [0.2, 0.25) is 0 Å². The zero-order valence-corrected chi connectivity index (χ0v) is 14.9. The van der Waals surface area contributed by atoms with Crippen LogP contribution in [0, 0.1) is 6.92 Å². The van der Waals surface area contributed by atoms with Crippen LogP contribution in [0.2, 0.25) is 0 Å². The first-order valence-corrected chi connectivity index (χ1v) is 8.40. The Morgan fingerprint density at radius 1 is 1.16 bits per heavy atom. The van der Waals surface area contributed by atoms with Crippen LogP contribution in [0.5, 0.6) is 11.5 Å². The molecule has 0 aromatic heterocycles. The summed E-state index contributed by atoms with van der Waals surface area (Å²) in [6.07, 6.45) is 0. The number of benzene rings is 2. The summed E-state index contributed by atoms with van der Waals surface area (Å²) in [7, 11) is 0. The molecule has 2 aromatic rings. The Morgan fingerprint density at radius 3 is 2.60 bits per heavy atom. The van der Waals surface area contributed by atoms with Gasteiger partial charge in [0.25, 0.3) is 0 Å². The Balaban J connectivity index is 2.07. The molecule has 0 spiro atoms. The molecule has 2 aromatic carbocycles. The van der Waals surface area contributed by atoms with Gasteiger partial charge in [-0.2, -0.15) is 0 Å². The van der Waals surface area contributed by atoms with E-state index in [-0.39, 0.29) is 0 Å². The smallest absolute Gasteiger partial charge is 0.320 e. The molecule has 0 heterocycles. The normalized spacial score (nSPS) is 11.8. The molecule has 134 valence electrons. The Bertz CT molecular complexity index is 715. The number of hydrogen-bond donors (Lipinski definition) is 2. The van der Waals surface area contributed by atoms with Crippen molar-refractivity contribution >= 4 is 5.97 Å². The van der Waals surface area contributed by atoms with Crippen molar-refractivity contribution in [1.82, 2.24) is 5.32 Å². The molecule has 5 nitrogen and oxygen atoms in total. The van der Waals surface area contributed by atoms with Crippen molar-refractivity contribution in [3.05, 3.63) is 59.2 Å². The van der Waals surface area contributed by atoms with Crippen molar-refractivity contribution in [2.75, 3.05) is 6.61 Å². The zero-order chi connectivity index (χ0) is 18.2. The van der Waals surface area contributed by atoms with E-state index in [4.69, 9.17) is 14.6 Å². The predicted octanol–water partition coefficient (Wildman–Crippen LogP) is 3.54. The lowest BCUT2D eigenvalue weighted by atomic mass is 10.1. The molecule has 25 heavy (non-hydrogen) atoms. The highest BCUT2D eigenvalue weighted by molar-refractivity contribution is 5.72. The number of carboxylic acid groups (broad SMARTS) is 1. The quantitative estimate of drug-likeness (QED) is 0.729. The number of carboxylic acids is 1. The van der Waals surface area contributed by atoms with Crippen LogP contribution in [0.15, 0.2) is 42.5 Å². The summed E-state index contributed by atoms with van der Waals surface area (Å²) in [5, 5.41) is 11.9. The molecule has 0 aliphatic carbocycles. The number of aryl methyl sites for hydroxylation is 1. The SMILES string of the molecule is CCOc1cc(CNC(C)C(=O)O)ccc1OCc1ccccc1C. The van der Waals surface area contributed by atoms with E-state index in [2.05, 4.69) is 18.3 Å². The maximum absolute atomic E-state index is 10.9. The molecule has 1 atom stereocenters. The van der Waals surface area contributed by atoms with Gasteiger partial charge in [0.05, 0.1) is 6.61 Å². The lowest BCUT2D eigenvalue weighted by Gasteiger charge is -2.15. The maximum Gasteiger partial charge on any atom is 0.320 e. The first-order valence-electron chi connectivity index (χ1n) is 8.40. The molecule has 0 saturated carbocycles. The van der Waals surface area contributed by atoms with Crippen LogP contribution in [0.25, 0.3) is 0 Å². The van der Waals surface area contributed by atoms with Gasteiger partial charge in [0.15, 0.2) is 11.5 Å². The van der Waals surface area contributed by atoms with E-state index in [1.54, 1.807) is 6.92 Å². The van der Waals surface area contributed by atoms with Gasteiger partial charge in [-0.15, -0.1) is 0 Å². The lowest BCUT2D eigenvalue weighted by Crippen LogP contribution is -2.33. The summed E-state index contributed by atoms with van der Waals surface area (Å²) in [6, 6.07) is 13.2. The number of ether oxygens (including phenoxy) is 2. The van der Waals surface area contributed by atoms with Crippen LogP contribution in [0.4, 0.5) is 0 Å². The van der Waals surface area contributed by atoms with Crippen LogP contribution in [-0.2, 0) is 17.9 Å². The van der Waals surface area contributed by atoms with Crippen LogP contribution in [-0.4, -0.2) is 23.7 Å². The van der Waals surface area contributed by atoms with E-state index in [9.17, 15) is 4.79 Å². The molecule has 0 amide bonds. The van der Waals surface area contributed by atoms with Crippen LogP contribution < -0.4 is 14.8 Å². The molecule has 0 saturated heterocycles. The molecule has 0 radical (unpaired) electrons. The second kappa shape index (κ2) is 9.08. The summed E-state index contributed by atoms with van der Waals surface area (Å²) in [4.78, 5) is 10.9. The Kier molecular flexibility index (Phi) is 6.83. The number of carbonyl (C=O) groups is 1. The average Bonchev–Trinajstić information content (AvgIpc) is 2.60. The highest BCUT2D eigenvalue weighted by Gasteiger charge is 2.11. The Hall–Kier alpha value is -2.53.